The number of nitrogens with one attached hydrogen (secondary N) is 2. The molecule has 6 nitrogen and oxygen atoms in total. The van der Waals surface area contributed by atoms with Crippen LogP contribution in [0, 0.1) is 11.3 Å². The zero-order chi connectivity index (χ0) is 25.0. The quantitative estimate of drug-likeness (QED) is 0.512. The summed E-state index contributed by atoms with van der Waals surface area (Å²) in [6.07, 6.45) is 1.00. The van der Waals surface area contributed by atoms with Crippen LogP contribution in [-0.2, 0) is 11.8 Å². The van der Waals surface area contributed by atoms with E-state index in [2.05, 4.69) is 59.2 Å². The Labute approximate surface area is 212 Å². The highest BCUT2D eigenvalue weighted by molar-refractivity contribution is 5.96. The van der Waals surface area contributed by atoms with Crippen molar-refractivity contribution in [3.05, 3.63) is 89.0 Å². The Morgan fingerprint density at radius 3 is 2.50 bits per heavy atom. The molecule has 0 aromatic heterocycles. The number of nitriles is 1. The van der Waals surface area contributed by atoms with Gasteiger partial charge in [0.15, 0.2) is 0 Å². The second kappa shape index (κ2) is 8.30. The average Bonchev–Trinajstić information content (AvgIpc) is 3.18. The molecule has 3 unspecified atom stereocenters. The second-order valence-corrected chi connectivity index (χ2v) is 10.7. The smallest absolute Gasteiger partial charge is 0.325 e. The Balaban J connectivity index is 1.37. The molecule has 0 bridgehead atoms. The number of fused-ring (bicyclic) bond motifs is 4. The summed E-state index contributed by atoms with van der Waals surface area (Å²) < 4.78 is 0. The van der Waals surface area contributed by atoms with Gasteiger partial charge in [0.25, 0.3) is 0 Å². The minimum atomic E-state index is -0.574. The molecule has 1 fully saturated rings. The molecule has 1 saturated heterocycles. The van der Waals surface area contributed by atoms with Crippen LogP contribution in [0.15, 0.2) is 66.7 Å². The van der Waals surface area contributed by atoms with Gasteiger partial charge in [0, 0.05) is 48.7 Å². The molecule has 36 heavy (non-hydrogen) atoms. The Morgan fingerprint density at radius 1 is 0.972 bits per heavy atom. The lowest BCUT2D eigenvalue weighted by molar-refractivity contribution is 0.218. The van der Waals surface area contributed by atoms with Gasteiger partial charge in [0.2, 0.25) is 0 Å². The van der Waals surface area contributed by atoms with Gasteiger partial charge in [-0.1, -0.05) is 42.5 Å². The summed E-state index contributed by atoms with van der Waals surface area (Å²) in [7, 11) is 1.89. The number of benzene rings is 3. The molecule has 182 valence electrons. The molecule has 0 aliphatic carbocycles. The fourth-order valence-corrected chi connectivity index (χ4v) is 5.92. The molecule has 2 N–H and O–H groups in total. The number of nitrogens with zero attached hydrogens (tertiary/aromatic N) is 3. The second-order valence-electron chi connectivity index (χ2n) is 10.7. The molecule has 0 spiro atoms. The van der Waals surface area contributed by atoms with E-state index in [4.69, 9.17) is 0 Å². The molecule has 3 atom stereocenters. The third-order valence-corrected chi connectivity index (χ3v) is 8.18. The molecule has 6 heteroatoms. The lowest BCUT2D eigenvalue weighted by Gasteiger charge is -2.35. The molecule has 0 saturated carbocycles. The molecule has 0 radical (unpaired) electrons. The number of hydrogen-bond acceptors (Lipinski definition) is 4. The zero-order valence-corrected chi connectivity index (χ0v) is 21.0. The zero-order valence-electron chi connectivity index (χ0n) is 21.0. The van der Waals surface area contributed by atoms with E-state index in [9.17, 15) is 10.1 Å². The van der Waals surface area contributed by atoms with E-state index in [1.807, 2.05) is 55.0 Å². The average molecular weight is 478 g/mol. The third-order valence-electron chi connectivity index (χ3n) is 8.18. The summed E-state index contributed by atoms with van der Waals surface area (Å²) >= 11 is 0. The summed E-state index contributed by atoms with van der Waals surface area (Å²) in [5.41, 5.74) is 7.38. The normalized spacial score (nSPS) is 22.6. The van der Waals surface area contributed by atoms with E-state index >= 15 is 0 Å². The number of urea groups is 1. The Bertz CT molecular complexity index is 1370. The largest absolute Gasteiger partial charge is 0.384 e. The highest BCUT2D eigenvalue weighted by atomic mass is 16.2. The number of rotatable bonds is 3. The van der Waals surface area contributed by atoms with E-state index in [1.165, 1.54) is 22.4 Å². The number of para-hydroxylation sites is 1. The van der Waals surface area contributed by atoms with Gasteiger partial charge in [0.1, 0.15) is 0 Å². The van der Waals surface area contributed by atoms with Crippen molar-refractivity contribution >= 4 is 23.1 Å². The fourth-order valence-electron chi connectivity index (χ4n) is 5.92. The molecule has 3 heterocycles. The summed E-state index contributed by atoms with van der Waals surface area (Å²) in [6, 6.07) is 25.5. The highest BCUT2D eigenvalue weighted by Crippen LogP contribution is 2.45. The molecule has 3 aliphatic rings. The van der Waals surface area contributed by atoms with Crippen LogP contribution >= 0.6 is 0 Å². The van der Waals surface area contributed by atoms with Gasteiger partial charge in [-0.3, -0.25) is 4.90 Å². The Hall–Kier alpha value is -3.98. The van der Waals surface area contributed by atoms with E-state index in [0.29, 0.717) is 12.5 Å². The van der Waals surface area contributed by atoms with Crippen molar-refractivity contribution in [1.29, 1.82) is 5.26 Å². The first-order chi connectivity index (χ1) is 17.4. The number of amides is 2. The maximum absolute atomic E-state index is 13.5. The van der Waals surface area contributed by atoms with Crippen LogP contribution in [0.4, 0.5) is 21.9 Å². The number of carbonyl (C=O) groups excluding carboxylic acids is 1. The molecule has 3 aromatic rings. The summed E-state index contributed by atoms with van der Waals surface area (Å²) in [6.45, 7) is 5.44. The summed E-state index contributed by atoms with van der Waals surface area (Å²) in [5.74, 6) is 0.376. The predicted molar refractivity (Wildman–Crippen MR) is 144 cm³/mol. The van der Waals surface area contributed by atoms with E-state index < -0.39 is 5.41 Å². The maximum Gasteiger partial charge on any atom is 0.325 e. The van der Waals surface area contributed by atoms with E-state index in [-0.39, 0.29) is 18.1 Å². The number of hydrogen-bond donors (Lipinski definition) is 2. The number of likely N-dealkylation sites (N-methyl/N-ethyl adjacent to an activating group) is 1. The van der Waals surface area contributed by atoms with Gasteiger partial charge < -0.3 is 15.5 Å². The lowest BCUT2D eigenvalue weighted by Crippen LogP contribution is -2.40. The predicted octanol–water partition coefficient (Wildman–Crippen LogP) is 5.65. The van der Waals surface area contributed by atoms with Crippen molar-refractivity contribution < 1.29 is 4.79 Å². The van der Waals surface area contributed by atoms with Crippen LogP contribution in [0.3, 0.4) is 0 Å². The lowest BCUT2D eigenvalue weighted by atomic mass is 9.84. The van der Waals surface area contributed by atoms with Crippen molar-refractivity contribution in [1.82, 2.24) is 4.90 Å². The van der Waals surface area contributed by atoms with Gasteiger partial charge in [-0.2, -0.15) is 5.26 Å². The standard InChI is InChI=1S/C30H31N5O/c1-30(2,18-31)22-9-11-23(12-10-22)35-28-24-15-19(21-14-20-6-4-5-7-25(20)32-16-21)8-13-26(24)33-17-27(28)34(3)29(35)36/h4-13,15,21,27-28,32-33H,14,16-17H2,1-3H3. The SMILES string of the molecule is CN1C(=O)N(c2ccc(C(C)(C)C#N)cc2)C2c3cc(C4CNc5ccccc5C4)ccc3NCC21. The van der Waals surface area contributed by atoms with Crippen LogP contribution in [0.2, 0.25) is 0 Å². The van der Waals surface area contributed by atoms with Crippen LogP contribution < -0.4 is 15.5 Å². The van der Waals surface area contributed by atoms with E-state index in [1.54, 1.807) is 0 Å². The van der Waals surface area contributed by atoms with Gasteiger partial charge in [-0.05, 0) is 61.2 Å². The van der Waals surface area contributed by atoms with Crippen molar-refractivity contribution in [2.24, 2.45) is 0 Å². The molecule has 2 amide bonds. The van der Waals surface area contributed by atoms with Crippen molar-refractivity contribution in [2.75, 3.05) is 35.7 Å². The van der Waals surface area contributed by atoms with Crippen molar-refractivity contribution in [2.45, 2.75) is 43.7 Å². The van der Waals surface area contributed by atoms with Crippen molar-refractivity contribution in [3.63, 3.8) is 0 Å². The number of carbonyl (C=O) groups is 1. The minimum absolute atomic E-state index is 0.00519. The molecular formula is C30H31N5O. The van der Waals surface area contributed by atoms with E-state index in [0.717, 1.165) is 29.9 Å². The maximum atomic E-state index is 13.5. The first-order valence-corrected chi connectivity index (χ1v) is 12.6. The van der Waals surface area contributed by atoms with Crippen LogP contribution in [0.1, 0.15) is 48.1 Å². The van der Waals surface area contributed by atoms with Crippen LogP contribution in [-0.4, -0.2) is 37.1 Å². The Morgan fingerprint density at radius 2 is 1.72 bits per heavy atom. The molecule has 6 rings (SSSR count). The van der Waals surface area contributed by atoms with Crippen LogP contribution in [0.5, 0.6) is 0 Å². The van der Waals surface area contributed by atoms with Gasteiger partial charge >= 0.3 is 6.03 Å². The summed E-state index contributed by atoms with van der Waals surface area (Å²) in [5, 5.41) is 16.7. The first kappa shape index (κ1) is 22.5. The monoisotopic (exact) mass is 477 g/mol. The molecular weight excluding hydrogens is 446 g/mol. The van der Waals surface area contributed by atoms with Gasteiger partial charge in [-0.25, -0.2) is 4.79 Å². The number of anilines is 3. The summed E-state index contributed by atoms with van der Waals surface area (Å²) in [4.78, 5) is 17.3. The Kier molecular flexibility index (Phi) is 5.19. The minimum Gasteiger partial charge on any atom is -0.384 e. The third kappa shape index (κ3) is 3.50. The van der Waals surface area contributed by atoms with Crippen molar-refractivity contribution in [3.8, 4) is 6.07 Å². The topological polar surface area (TPSA) is 71.4 Å². The van der Waals surface area contributed by atoms with Gasteiger partial charge in [0.05, 0.1) is 23.6 Å². The fraction of sp³-hybridized carbons (Fsp3) is 0.333. The molecule has 3 aliphatic heterocycles. The van der Waals surface area contributed by atoms with Gasteiger partial charge in [-0.15, -0.1) is 0 Å². The first-order valence-electron chi connectivity index (χ1n) is 12.6. The highest BCUT2D eigenvalue weighted by Gasteiger charge is 2.48. The van der Waals surface area contributed by atoms with Crippen LogP contribution in [0.25, 0.3) is 0 Å². The molecule has 3 aromatic carbocycles.